The molecule has 41 heavy (non-hydrogen) atoms. The van der Waals surface area contributed by atoms with E-state index < -0.39 is 24.1 Å². The number of halogens is 3. The zero-order valence-electron chi connectivity index (χ0n) is 21.7. The summed E-state index contributed by atoms with van der Waals surface area (Å²) in [4.78, 5) is 38.0. The van der Waals surface area contributed by atoms with Crippen LogP contribution in [0, 0.1) is 6.92 Å². The van der Waals surface area contributed by atoms with E-state index in [-0.39, 0.29) is 12.3 Å². The van der Waals surface area contributed by atoms with Gasteiger partial charge in [0.2, 0.25) is 5.91 Å². The number of aliphatic carboxylic acids is 1. The molecule has 0 aliphatic heterocycles. The van der Waals surface area contributed by atoms with Crippen LogP contribution in [0.5, 0.6) is 5.75 Å². The summed E-state index contributed by atoms with van der Waals surface area (Å²) in [5, 5.41) is 19.9. The average molecular weight is 570 g/mol. The van der Waals surface area contributed by atoms with Crippen molar-refractivity contribution in [2.24, 2.45) is 0 Å². The van der Waals surface area contributed by atoms with E-state index in [1.165, 1.54) is 0 Å². The van der Waals surface area contributed by atoms with Gasteiger partial charge in [0, 0.05) is 22.2 Å². The van der Waals surface area contributed by atoms with Crippen LogP contribution < -0.4 is 15.5 Å². The van der Waals surface area contributed by atoms with Crippen LogP contribution >= 0.6 is 0 Å². The van der Waals surface area contributed by atoms with E-state index in [1.54, 1.807) is 29.7 Å². The smallest absolute Gasteiger partial charge is 0.489 e. The molecule has 0 spiro atoms. The summed E-state index contributed by atoms with van der Waals surface area (Å²) in [5.41, 5.74) is 5.70. The number of carbonyl (C=O) groups is 3. The second-order valence-corrected chi connectivity index (χ2v) is 8.73. The topological polar surface area (TPSA) is 138 Å². The Morgan fingerprint density at radius 2 is 1.56 bits per heavy atom. The zero-order valence-corrected chi connectivity index (χ0v) is 21.7. The van der Waals surface area contributed by atoms with Gasteiger partial charge < -0.3 is 15.2 Å². The first kappa shape index (κ1) is 30.6. The molecular weight excluding hydrogens is 543 g/mol. The fraction of sp³-hybridized carbons (Fsp3) is 0.172. The Kier molecular flexibility index (Phi) is 10.4. The van der Waals surface area contributed by atoms with Crippen molar-refractivity contribution < 1.29 is 42.6 Å². The molecule has 1 unspecified atom stereocenters. The minimum absolute atomic E-state index is 0.0905. The number of aryl methyl sites for hydroxylation is 1. The number of hydrogen-bond donors (Lipinski definition) is 4. The molecule has 0 bridgehead atoms. The second kappa shape index (κ2) is 13.9. The first-order chi connectivity index (χ1) is 19.5. The van der Waals surface area contributed by atoms with Gasteiger partial charge in [-0.25, -0.2) is 10.3 Å². The number of benzene rings is 3. The van der Waals surface area contributed by atoms with Crippen LogP contribution in [0.4, 0.5) is 13.2 Å². The lowest BCUT2D eigenvalue weighted by molar-refractivity contribution is -0.192. The zero-order chi connectivity index (χ0) is 30.0. The van der Waals surface area contributed by atoms with Gasteiger partial charge in [0.25, 0.3) is 5.91 Å². The number of nitrogens with zero attached hydrogens (tertiary/aromatic N) is 1. The maximum Gasteiger partial charge on any atom is 0.490 e. The number of amides is 2. The van der Waals surface area contributed by atoms with Gasteiger partial charge in [-0.05, 0) is 48.9 Å². The highest BCUT2D eigenvalue weighted by molar-refractivity contribution is 5.95. The van der Waals surface area contributed by atoms with Crippen molar-refractivity contribution in [1.29, 1.82) is 0 Å². The normalized spacial score (nSPS) is 11.5. The van der Waals surface area contributed by atoms with E-state index in [0.717, 1.165) is 27.7 Å². The van der Waals surface area contributed by atoms with Crippen LogP contribution in [0.3, 0.4) is 0 Å². The quantitative estimate of drug-likeness (QED) is 0.171. The summed E-state index contributed by atoms with van der Waals surface area (Å²) >= 11 is 0. The largest absolute Gasteiger partial charge is 0.490 e. The van der Waals surface area contributed by atoms with Gasteiger partial charge in [0.15, 0.2) is 0 Å². The molecule has 4 N–H and O–H groups in total. The van der Waals surface area contributed by atoms with Gasteiger partial charge in [-0.15, -0.1) is 0 Å². The molecular formula is C29H26F3N3O6. The molecule has 4 aromatic rings. The number of rotatable bonds is 8. The number of ether oxygens (including phenoxy) is 1. The highest BCUT2D eigenvalue weighted by atomic mass is 19.4. The minimum atomic E-state index is -5.08. The minimum Gasteiger partial charge on any atom is -0.489 e. The predicted molar refractivity (Wildman–Crippen MR) is 142 cm³/mol. The average Bonchev–Trinajstić information content (AvgIpc) is 2.95. The molecule has 214 valence electrons. The van der Waals surface area contributed by atoms with E-state index in [1.807, 2.05) is 67.6 Å². The summed E-state index contributed by atoms with van der Waals surface area (Å²) in [7, 11) is 0. The van der Waals surface area contributed by atoms with E-state index in [9.17, 15) is 22.8 Å². The molecule has 0 fully saturated rings. The lowest BCUT2D eigenvalue weighted by atomic mass is 10.0. The molecule has 12 heteroatoms. The highest BCUT2D eigenvalue weighted by Crippen LogP contribution is 2.22. The Morgan fingerprint density at radius 3 is 2.17 bits per heavy atom. The molecule has 0 aliphatic rings. The molecule has 0 saturated carbocycles. The number of carboxylic acids is 1. The Labute approximate surface area is 232 Å². The van der Waals surface area contributed by atoms with E-state index >= 15 is 0 Å². The summed E-state index contributed by atoms with van der Waals surface area (Å²) in [6.07, 6.45) is -5.17. The Bertz CT molecular complexity index is 1500. The van der Waals surface area contributed by atoms with Crippen molar-refractivity contribution in [1.82, 2.24) is 15.8 Å². The molecule has 1 aromatic heterocycles. The Balaban J connectivity index is 0.000000587. The van der Waals surface area contributed by atoms with E-state index in [2.05, 4.69) is 10.3 Å². The monoisotopic (exact) mass is 569 g/mol. The van der Waals surface area contributed by atoms with Gasteiger partial charge >= 0.3 is 12.1 Å². The van der Waals surface area contributed by atoms with Gasteiger partial charge in [-0.3, -0.25) is 19.8 Å². The standard InChI is InChI=1S/C27H25N3O4.C2HF3O2/c1-18-15-21(23-9-5-6-10-24(23)28-18)17-34-22-13-11-20(12-14-22)27(32)29-25(16-26(31)30-33)19-7-3-2-4-8-19;3-2(4,5)1(6)7/h2-15,25,33H,16-17H2,1H3,(H,29,32)(H,30,31);(H,6,7). The molecule has 2 amide bonds. The van der Waals surface area contributed by atoms with Crippen molar-refractivity contribution in [3.8, 4) is 5.75 Å². The maximum absolute atomic E-state index is 12.8. The molecule has 1 atom stereocenters. The number of carbonyl (C=O) groups excluding carboxylic acids is 2. The maximum atomic E-state index is 12.8. The summed E-state index contributed by atoms with van der Waals surface area (Å²) < 4.78 is 37.7. The Hall–Kier alpha value is -4.97. The number of aromatic nitrogens is 1. The summed E-state index contributed by atoms with van der Waals surface area (Å²) in [6, 6.07) is 25.3. The van der Waals surface area contributed by atoms with Gasteiger partial charge in [0.1, 0.15) is 12.4 Å². The van der Waals surface area contributed by atoms with Crippen LogP contribution in [-0.2, 0) is 16.2 Å². The van der Waals surface area contributed by atoms with Crippen molar-refractivity contribution in [3.63, 3.8) is 0 Å². The molecule has 4 rings (SSSR count). The molecule has 0 aliphatic carbocycles. The number of fused-ring (bicyclic) bond motifs is 1. The van der Waals surface area contributed by atoms with Crippen LogP contribution in [0.25, 0.3) is 10.9 Å². The SMILES string of the molecule is Cc1cc(COc2ccc(C(=O)NC(CC(=O)NO)c3ccccc3)cc2)c2ccccc2n1.O=C(O)C(F)(F)F. The van der Waals surface area contributed by atoms with E-state index in [4.69, 9.17) is 19.8 Å². The number of hydrogen-bond acceptors (Lipinski definition) is 6. The first-order valence-electron chi connectivity index (χ1n) is 12.1. The first-order valence-corrected chi connectivity index (χ1v) is 12.1. The molecule has 9 nitrogen and oxygen atoms in total. The van der Waals surface area contributed by atoms with Crippen LogP contribution in [0.15, 0.2) is 84.9 Å². The van der Waals surface area contributed by atoms with Gasteiger partial charge in [0.05, 0.1) is 18.0 Å². The van der Waals surface area contributed by atoms with Gasteiger partial charge in [-0.2, -0.15) is 13.2 Å². The van der Waals surface area contributed by atoms with Crippen molar-refractivity contribution in [2.45, 2.75) is 32.2 Å². The van der Waals surface area contributed by atoms with Crippen molar-refractivity contribution in [2.75, 3.05) is 0 Å². The van der Waals surface area contributed by atoms with Crippen LogP contribution in [-0.4, -0.2) is 39.3 Å². The van der Waals surface area contributed by atoms with Crippen molar-refractivity contribution >= 4 is 28.7 Å². The molecule has 3 aromatic carbocycles. The molecule has 0 saturated heterocycles. The van der Waals surface area contributed by atoms with Gasteiger partial charge in [-0.1, -0.05) is 48.5 Å². The number of nitrogens with one attached hydrogen (secondary N) is 2. The third-order valence-corrected chi connectivity index (χ3v) is 5.70. The number of para-hydroxylation sites is 1. The fourth-order valence-electron chi connectivity index (χ4n) is 3.79. The number of alkyl halides is 3. The number of pyridine rings is 1. The van der Waals surface area contributed by atoms with Crippen LogP contribution in [0.2, 0.25) is 0 Å². The number of hydroxylamine groups is 1. The summed E-state index contributed by atoms with van der Waals surface area (Å²) in [5.74, 6) is -3.04. The van der Waals surface area contributed by atoms with E-state index in [0.29, 0.717) is 17.9 Å². The lowest BCUT2D eigenvalue weighted by Crippen LogP contribution is -2.32. The third-order valence-electron chi connectivity index (χ3n) is 5.70. The Morgan fingerprint density at radius 1 is 0.951 bits per heavy atom. The van der Waals surface area contributed by atoms with Crippen molar-refractivity contribution in [3.05, 3.63) is 107 Å². The lowest BCUT2D eigenvalue weighted by Gasteiger charge is -2.18. The fourth-order valence-corrected chi connectivity index (χ4v) is 3.79. The third kappa shape index (κ3) is 9.04. The van der Waals surface area contributed by atoms with Crippen LogP contribution in [0.1, 0.15) is 39.6 Å². The second-order valence-electron chi connectivity index (χ2n) is 8.73. The predicted octanol–water partition coefficient (Wildman–Crippen LogP) is 5.12. The number of carboxylic acid groups (broad SMARTS) is 1. The molecule has 0 radical (unpaired) electrons. The summed E-state index contributed by atoms with van der Waals surface area (Å²) in [6.45, 7) is 2.33. The molecule has 1 heterocycles. The highest BCUT2D eigenvalue weighted by Gasteiger charge is 2.38.